The fourth-order valence-electron chi connectivity index (χ4n) is 6.86. The van der Waals surface area contributed by atoms with E-state index >= 15 is 0 Å². The highest BCUT2D eigenvalue weighted by molar-refractivity contribution is 5.91. The molecule has 0 atom stereocenters. The summed E-state index contributed by atoms with van der Waals surface area (Å²) in [6.07, 6.45) is 18.2. The monoisotopic (exact) mass is 633 g/mol. The van der Waals surface area contributed by atoms with Crippen LogP contribution >= 0.6 is 0 Å². The molecular weight excluding hydrogens is 598 g/mol. The second-order valence-electron chi connectivity index (χ2n) is 12.1. The van der Waals surface area contributed by atoms with Gasteiger partial charge in [0, 0.05) is 24.5 Å². The van der Waals surface area contributed by atoms with Gasteiger partial charge < -0.3 is 23.8 Å². The number of fused-ring (bicyclic) bond motifs is 2. The Morgan fingerprint density at radius 2 is 1.51 bits per heavy atom. The molecule has 240 valence electrons. The molecule has 2 aliphatic rings. The van der Waals surface area contributed by atoms with Crippen LogP contribution in [0.5, 0.6) is 0 Å². The van der Waals surface area contributed by atoms with Crippen LogP contribution < -0.4 is 0 Å². The van der Waals surface area contributed by atoms with Crippen molar-refractivity contribution in [1.82, 2.24) is 34.1 Å². The second kappa shape index (κ2) is 13.1. The van der Waals surface area contributed by atoms with Gasteiger partial charge in [-0.3, -0.25) is 4.98 Å². The number of hydrogen-bond donors (Lipinski definition) is 2. The van der Waals surface area contributed by atoms with E-state index in [0.29, 0.717) is 23.2 Å². The Morgan fingerprint density at radius 3 is 2.15 bits per heavy atom. The standard InChI is InChI=1S/C18H18N4O2.C17H17N3O3/c23-18(24)12-10-15-16(20-11-12)22(13-6-2-1-3-7-13)17(21-15)14-8-4-5-9-19-14;21-17(22)13-6-7-14-15(18-13)19-16(11-8-9-23-10-11)20(14)12-4-2-1-3-5-12/h4-5,8-11,13H,1-3,6-7H2,(H,23,24);6-10,12H,1-5H2,(H,21,22). The maximum Gasteiger partial charge on any atom is 0.354 e. The van der Waals surface area contributed by atoms with Crippen LogP contribution in [0, 0.1) is 0 Å². The van der Waals surface area contributed by atoms with E-state index in [0.717, 1.165) is 59.8 Å². The topological polar surface area (TPSA) is 162 Å². The van der Waals surface area contributed by atoms with Crippen molar-refractivity contribution in [2.24, 2.45) is 0 Å². The number of rotatable bonds is 6. The molecule has 2 N–H and O–H groups in total. The van der Waals surface area contributed by atoms with Crippen molar-refractivity contribution in [3.8, 4) is 22.9 Å². The number of carboxylic acid groups (broad SMARTS) is 2. The van der Waals surface area contributed by atoms with E-state index in [-0.39, 0.29) is 11.3 Å². The first-order chi connectivity index (χ1) is 23.0. The number of aromatic nitrogens is 7. The van der Waals surface area contributed by atoms with E-state index < -0.39 is 11.9 Å². The zero-order chi connectivity index (χ0) is 32.3. The van der Waals surface area contributed by atoms with Crippen LogP contribution in [0.4, 0.5) is 0 Å². The maximum absolute atomic E-state index is 11.2. The second-order valence-corrected chi connectivity index (χ2v) is 12.1. The molecule has 0 radical (unpaired) electrons. The van der Waals surface area contributed by atoms with Crippen molar-refractivity contribution < 1.29 is 24.2 Å². The number of carbonyl (C=O) groups is 2. The molecule has 12 nitrogen and oxygen atoms in total. The highest BCUT2D eigenvalue weighted by Crippen LogP contribution is 2.36. The molecule has 0 aromatic carbocycles. The van der Waals surface area contributed by atoms with Gasteiger partial charge in [-0.1, -0.05) is 44.6 Å². The minimum absolute atomic E-state index is 0.0181. The normalized spacial score (nSPS) is 15.8. The summed E-state index contributed by atoms with van der Waals surface area (Å²) in [4.78, 5) is 44.7. The summed E-state index contributed by atoms with van der Waals surface area (Å²) in [7, 11) is 0. The number of nitrogens with zero attached hydrogens (tertiary/aromatic N) is 7. The Balaban J connectivity index is 0.000000150. The van der Waals surface area contributed by atoms with Crippen molar-refractivity contribution >= 4 is 34.3 Å². The summed E-state index contributed by atoms with van der Waals surface area (Å²) >= 11 is 0. The highest BCUT2D eigenvalue weighted by Gasteiger charge is 2.25. The van der Waals surface area contributed by atoms with Crippen molar-refractivity contribution in [3.63, 3.8) is 0 Å². The lowest BCUT2D eigenvalue weighted by atomic mass is 9.95. The number of imidazole rings is 2. The lowest BCUT2D eigenvalue weighted by molar-refractivity contribution is 0.0682. The molecule has 6 aromatic rings. The van der Waals surface area contributed by atoms with E-state index in [9.17, 15) is 14.7 Å². The van der Waals surface area contributed by atoms with Crippen LogP contribution in [0.1, 0.15) is 97.1 Å². The van der Waals surface area contributed by atoms with Gasteiger partial charge in [0.25, 0.3) is 0 Å². The van der Waals surface area contributed by atoms with Gasteiger partial charge in [-0.25, -0.2) is 29.5 Å². The average molecular weight is 634 g/mol. The lowest BCUT2D eigenvalue weighted by Gasteiger charge is -2.25. The van der Waals surface area contributed by atoms with Crippen LogP contribution in [0.15, 0.2) is 71.8 Å². The molecule has 47 heavy (non-hydrogen) atoms. The first-order valence-electron chi connectivity index (χ1n) is 16.2. The van der Waals surface area contributed by atoms with Gasteiger partial charge >= 0.3 is 11.9 Å². The third kappa shape index (κ3) is 6.10. The van der Waals surface area contributed by atoms with Gasteiger partial charge in [0.15, 0.2) is 22.8 Å². The van der Waals surface area contributed by atoms with E-state index in [1.807, 2.05) is 30.3 Å². The smallest absolute Gasteiger partial charge is 0.354 e. The third-order valence-electron chi connectivity index (χ3n) is 9.10. The molecule has 6 heterocycles. The molecule has 0 spiro atoms. The predicted octanol–water partition coefficient (Wildman–Crippen LogP) is 7.59. The molecule has 0 saturated heterocycles. The predicted molar refractivity (Wildman–Crippen MR) is 174 cm³/mol. The van der Waals surface area contributed by atoms with Gasteiger partial charge in [-0.05, 0) is 62.1 Å². The Kier molecular flexibility index (Phi) is 8.47. The Morgan fingerprint density at radius 1 is 0.766 bits per heavy atom. The number of hydrogen-bond acceptors (Lipinski definition) is 8. The molecule has 8 rings (SSSR count). The molecule has 12 heteroatoms. The van der Waals surface area contributed by atoms with Gasteiger partial charge in [0.05, 0.1) is 22.9 Å². The van der Waals surface area contributed by atoms with E-state index in [1.165, 1.54) is 44.7 Å². The van der Waals surface area contributed by atoms with Crippen molar-refractivity contribution in [2.75, 3.05) is 0 Å². The van der Waals surface area contributed by atoms with E-state index in [2.05, 4.69) is 34.1 Å². The summed E-state index contributed by atoms with van der Waals surface area (Å²) < 4.78 is 9.56. The quantitative estimate of drug-likeness (QED) is 0.187. The van der Waals surface area contributed by atoms with Crippen molar-refractivity contribution in [1.29, 1.82) is 0 Å². The van der Waals surface area contributed by atoms with Crippen molar-refractivity contribution in [3.05, 3.63) is 78.6 Å². The van der Waals surface area contributed by atoms with Gasteiger partial charge in [-0.15, -0.1) is 0 Å². The fourth-order valence-corrected chi connectivity index (χ4v) is 6.86. The Bertz CT molecular complexity index is 2020. The third-order valence-corrected chi connectivity index (χ3v) is 9.10. The summed E-state index contributed by atoms with van der Waals surface area (Å²) in [5, 5.41) is 18.3. The Hall–Kier alpha value is -5.39. The van der Waals surface area contributed by atoms with Gasteiger partial charge in [0.1, 0.15) is 23.3 Å². The number of pyridine rings is 3. The van der Waals surface area contributed by atoms with Crippen LogP contribution in [0.25, 0.3) is 45.2 Å². The molecule has 2 fully saturated rings. The molecule has 0 amide bonds. The fraction of sp³-hybridized carbons (Fsp3) is 0.343. The number of furan rings is 1. The van der Waals surface area contributed by atoms with Gasteiger partial charge in [0.2, 0.25) is 0 Å². The molecule has 0 bridgehead atoms. The van der Waals surface area contributed by atoms with Crippen LogP contribution in [-0.4, -0.2) is 56.2 Å². The van der Waals surface area contributed by atoms with E-state index in [1.54, 1.807) is 30.9 Å². The molecule has 2 saturated carbocycles. The molecular formula is C35H35N7O5. The summed E-state index contributed by atoms with van der Waals surface area (Å²) in [5.41, 5.74) is 4.58. The van der Waals surface area contributed by atoms with E-state index in [4.69, 9.17) is 9.52 Å². The molecule has 2 aliphatic carbocycles. The zero-order valence-corrected chi connectivity index (χ0v) is 25.8. The first-order valence-corrected chi connectivity index (χ1v) is 16.2. The minimum atomic E-state index is -1.04. The SMILES string of the molecule is O=C(O)c1ccc2c(n1)nc(-c1ccoc1)n2C1CCCCC1.O=C(O)c1cnc2c(c1)nc(-c1ccccn1)n2C1CCCCC1. The molecule has 0 unspecified atom stereocenters. The first kappa shape index (κ1) is 30.3. The lowest BCUT2D eigenvalue weighted by Crippen LogP contribution is -2.14. The summed E-state index contributed by atoms with van der Waals surface area (Å²) in [5.74, 6) is -0.455. The number of carboxylic acids is 2. The van der Waals surface area contributed by atoms with Crippen LogP contribution in [0.3, 0.4) is 0 Å². The molecule has 6 aromatic heterocycles. The average Bonchev–Trinajstić information content (AvgIpc) is 3.86. The summed E-state index contributed by atoms with van der Waals surface area (Å²) in [6.45, 7) is 0. The van der Waals surface area contributed by atoms with Gasteiger partial charge in [-0.2, -0.15) is 0 Å². The van der Waals surface area contributed by atoms with Crippen molar-refractivity contribution in [2.45, 2.75) is 76.3 Å². The van der Waals surface area contributed by atoms with Crippen LogP contribution in [0.2, 0.25) is 0 Å². The zero-order valence-electron chi connectivity index (χ0n) is 25.8. The number of aromatic carboxylic acids is 2. The highest BCUT2D eigenvalue weighted by atomic mass is 16.4. The maximum atomic E-state index is 11.2. The molecule has 0 aliphatic heterocycles. The minimum Gasteiger partial charge on any atom is -0.478 e. The summed E-state index contributed by atoms with van der Waals surface area (Å²) in [6, 6.07) is 13.3. The Labute approximate surface area is 270 Å². The van der Waals surface area contributed by atoms with Crippen LogP contribution in [-0.2, 0) is 0 Å². The largest absolute Gasteiger partial charge is 0.478 e.